The van der Waals surface area contributed by atoms with E-state index in [1.54, 1.807) is 26.1 Å². The number of hydrogen-bond acceptors (Lipinski definition) is 9. The van der Waals surface area contributed by atoms with E-state index < -0.39 is 43.2 Å². The van der Waals surface area contributed by atoms with E-state index in [9.17, 15) is 29.4 Å². The molecule has 0 heterocycles. The quantitative estimate of drug-likeness (QED) is 0.188. The molecular weight excluding hydrogens is 508 g/mol. The number of aliphatic hydroxyl groups excluding tert-OH is 2. The number of carboxylic acid groups (broad SMARTS) is 2. The SMILES string of the molecule is CC[C@H](C)C(=O)O[C@H]1CC(=NCC(=O)O)C=C2C=C(C(=O)CNC)[C@@H](C)[C@H](CC[C@@H](O)C[C@@H](O)CC(=O)O)C21. The van der Waals surface area contributed by atoms with Crippen LogP contribution in [0, 0.1) is 23.7 Å². The van der Waals surface area contributed by atoms with Gasteiger partial charge in [0.05, 0.1) is 31.1 Å². The number of allylic oxidation sites excluding steroid dienone is 2. The first-order valence-corrected chi connectivity index (χ1v) is 13.5. The minimum atomic E-state index is -1.18. The van der Waals surface area contributed by atoms with E-state index in [-0.39, 0.29) is 61.2 Å². The van der Waals surface area contributed by atoms with Gasteiger partial charge in [0.15, 0.2) is 5.78 Å². The Morgan fingerprint density at radius 2 is 1.82 bits per heavy atom. The maximum atomic E-state index is 13.0. The predicted molar refractivity (Wildman–Crippen MR) is 143 cm³/mol. The highest BCUT2D eigenvalue weighted by Gasteiger charge is 2.45. The first-order valence-electron chi connectivity index (χ1n) is 13.5. The van der Waals surface area contributed by atoms with E-state index in [0.717, 1.165) is 5.57 Å². The molecule has 2 aliphatic rings. The van der Waals surface area contributed by atoms with Crippen molar-refractivity contribution in [3.63, 3.8) is 0 Å². The average Bonchev–Trinajstić information content (AvgIpc) is 2.85. The first-order chi connectivity index (χ1) is 18.4. The van der Waals surface area contributed by atoms with Crippen LogP contribution in [0.2, 0.25) is 0 Å². The number of esters is 1. The monoisotopic (exact) mass is 550 g/mol. The molecule has 39 heavy (non-hydrogen) atoms. The number of nitrogens with one attached hydrogen (secondary N) is 1. The van der Waals surface area contributed by atoms with Crippen LogP contribution in [-0.2, 0) is 23.9 Å². The maximum absolute atomic E-state index is 13.0. The second kappa shape index (κ2) is 15.0. The molecule has 0 spiro atoms. The number of rotatable bonds is 15. The summed E-state index contributed by atoms with van der Waals surface area (Å²) in [6.07, 6.45) is 1.69. The molecule has 0 radical (unpaired) electrons. The Hall–Kier alpha value is -2.89. The van der Waals surface area contributed by atoms with Crippen LogP contribution >= 0.6 is 0 Å². The number of likely N-dealkylation sites (N-methyl/N-ethyl adjacent to an activating group) is 1. The summed E-state index contributed by atoms with van der Waals surface area (Å²) in [5, 5.41) is 41.4. The molecular formula is C28H42N2O9. The van der Waals surface area contributed by atoms with Crippen molar-refractivity contribution in [2.24, 2.45) is 28.7 Å². The van der Waals surface area contributed by atoms with Crippen LogP contribution in [0.15, 0.2) is 28.3 Å². The van der Waals surface area contributed by atoms with Crippen LogP contribution in [-0.4, -0.2) is 88.3 Å². The van der Waals surface area contributed by atoms with E-state index in [2.05, 4.69) is 10.3 Å². The molecule has 218 valence electrons. The zero-order valence-corrected chi connectivity index (χ0v) is 23.1. The number of carbonyl (C=O) groups is 4. The van der Waals surface area contributed by atoms with Crippen molar-refractivity contribution >= 4 is 29.4 Å². The minimum Gasteiger partial charge on any atom is -0.481 e. The number of Topliss-reactive ketones (excluding diaryl/α,β-unsaturated/α-hetero) is 1. The molecule has 0 fully saturated rings. The van der Waals surface area contributed by atoms with Crippen LogP contribution in [0.3, 0.4) is 0 Å². The van der Waals surface area contributed by atoms with Gasteiger partial charge in [-0.2, -0.15) is 0 Å². The third-order valence-electron chi connectivity index (χ3n) is 7.59. The summed E-state index contributed by atoms with van der Waals surface area (Å²) in [5.74, 6) is -3.84. The highest BCUT2D eigenvalue weighted by molar-refractivity contribution is 6.01. The number of nitrogens with zero attached hydrogens (tertiary/aromatic N) is 1. The number of aliphatic imine (C=N–C) groups is 1. The smallest absolute Gasteiger partial charge is 0.325 e. The number of hydrogen-bond donors (Lipinski definition) is 5. The van der Waals surface area contributed by atoms with Gasteiger partial charge in [0.25, 0.3) is 0 Å². The van der Waals surface area contributed by atoms with Crippen LogP contribution in [0.25, 0.3) is 0 Å². The van der Waals surface area contributed by atoms with Crippen LogP contribution in [0.5, 0.6) is 0 Å². The fraction of sp³-hybridized carbons (Fsp3) is 0.679. The fourth-order valence-corrected chi connectivity index (χ4v) is 5.36. The van der Waals surface area contributed by atoms with Gasteiger partial charge in [-0.25, -0.2) is 0 Å². The molecule has 11 heteroatoms. The van der Waals surface area contributed by atoms with Gasteiger partial charge in [-0.1, -0.05) is 26.8 Å². The number of ketones is 1. The molecule has 0 bridgehead atoms. The van der Waals surface area contributed by atoms with E-state index in [1.165, 1.54) is 0 Å². The molecule has 0 aromatic heterocycles. The lowest BCUT2D eigenvalue weighted by Crippen LogP contribution is -2.44. The zero-order chi connectivity index (χ0) is 29.3. The van der Waals surface area contributed by atoms with Crippen molar-refractivity contribution in [3.05, 3.63) is 23.3 Å². The highest BCUT2D eigenvalue weighted by Crippen LogP contribution is 2.46. The average molecular weight is 551 g/mol. The van der Waals surface area contributed by atoms with Crippen molar-refractivity contribution in [1.82, 2.24) is 5.32 Å². The Labute approximate surface area is 229 Å². The Balaban J connectivity index is 2.46. The van der Waals surface area contributed by atoms with Gasteiger partial charge in [-0.3, -0.25) is 24.2 Å². The molecule has 2 aliphatic carbocycles. The number of aliphatic carboxylic acids is 2. The van der Waals surface area contributed by atoms with Crippen LogP contribution in [0.1, 0.15) is 59.3 Å². The molecule has 7 atom stereocenters. The topological polar surface area (TPSA) is 183 Å². The minimum absolute atomic E-state index is 0.0967. The normalized spacial score (nSPS) is 26.1. The van der Waals surface area contributed by atoms with E-state index >= 15 is 0 Å². The lowest BCUT2D eigenvalue weighted by molar-refractivity contribution is -0.157. The molecule has 5 N–H and O–H groups in total. The zero-order valence-electron chi connectivity index (χ0n) is 23.1. The summed E-state index contributed by atoms with van der Waals surface area (Å²) in [6, 6.07) is 0. The van der Waals surface area contributed by atoms with Gasteiger partial charge in [-0.05, 0) is 61.8 Å². The van der Waals surface area contributed by atoms with E-state index in [4.69, 9.17) is 14.9 Å². The Bertz CT molecular complexity index is 1000. The van der Waals surface area contributed by atoms with Gasteiger partial charge >= 0.3 is 17.9 Å². The second-order valence-electron chi connectivity index (χ2n) is 10.6. The number of aliphatic hydroxyl groups is 2. The van der Waals surface area contributed by atoms with Crippen molar-refractivity contribution in [2.75, 3.05) is 20.1 Å². The Kier molecular flexibility index (Phi) is 12.5. The fourth-order valence-electron chi connectivity index (χ4n) is 5.36. The van der Waals surface area contributed by atoms with Crippen molar-refractivity contribution in [1.29, 1.82) is 0 Å². The first kappa shape index (κ1) is 32.3. The molecule has 11 nitrogen and oxygen atoms in total. The summed E-state index contributed by atoms with van der Waals surface area (Å²) in [5.41, 5.74) is 1.76. The van der Waals surface area contributed by atoms with Gasteiger partial charge in [0, 0.05) is 18.1 Å². The standard InChI is InChI=1S/C28H42N2O9/c1-5-15(2)28(38)39-24-10-18(30-14-26(36)37)8-17-9-22(23(33)13-29-4)16(3)21(27(17)24)7-6-19(31)11-20(32)12-25(34)35/h8-9,15-16,19-21,24,27,29,31-32H,5-7,10-14H2,1-4H3,(H,34,35)(H,36,37)/t15-,16-,19+,20+,21-,24-,27?/m0/s1. The van der Waals surface area contributed by atoms with E-state index in [0.29, 0.717) is 24.1 Å². The summed E-state index contributed by atoms with van der Waals surface area (Å²) in [7, 11) is 1.67. The summed E-state index contributed by atoms with van der Waals surface area (Å²) >= 11 is 0. The predicted octanol–water partition coefficient (Wildman–Crippen LogP) is 1.76. The highest BCUT2D eigenvalue weighted by atomic mass is 16.5. The lowest BCUT2D eigenvalue weighted by Gasteiger charge is -2.44. The molecule has 0 aromatic carbocycles. The van der Waals surface area contributed by atoms with Gasteiger partial charge in [0.1, 0.15) is 12.6 Å². The largest absolute Gasteiger partial charge is 0.481 e. The molecule has 0 amide bonds. The molecule has 2 rings (SSSR count). The summed E-state index contributed by atoms with van der Waals surface area (Å²) in [6.45, 7) is 5.27. The van der Waals surface area contributed by atoms with Crippen molar-refractivity contribution in [3.8, 4) is 0 Å². The summed E-state index contributed by atoms with van der Waals surface area (Å²) < 4.78 is 5.99. The van der Waals surface area contributed by atoms with Crippen molar-refractivity contribution in [2.45, 2.75) is 77.6 Å². The molecule has 0 saturated heterocycles. The van der Waals surface area contributed by atoms with Crippen LogP contribution < -0.4 is 5.32 Å². The maximum Gasteiger partial charge on any atom is 0.325 e. The van der Waals surface area contributed by atoms with E-state index in [1.807, 2.05) is 13.8 Å². The number of fused-ring (bicyclic) bond motifs is 1. The lowest BCUT2D eigenvalue weighted by atomic mass is 9.63. The number of ether oxygens (including phenoxy) is 1. The molecule has 0 aliphatic heterocycles. The molecule has 0 aromatic rings. The Morgan fingerprint density at radius 1 is 1.13 bits per heavy atom. The third-order valence-corrected chi connectivity index (χ3v) is 7.59. The van der Waals surface area contributed by atoms with Crippen molar-refractivity contribution < 1.29 is 44.3 Å². The second-order valence-corrected chi connectivity index (χ2v) is 10.6. The van der Waals surface area contributed by atoms with Gasteiger partial charge < -0.3 is 30.5 Å². The Morgan fingerprint density at radius 3 is 2.41 bits per heavy atom. The van der Waals surface area contributed by atoms with Crippen LogP contribution in [0.4, 0.5) is 0 Å². The molecule has 1 unspecified atom stereocenters. The summed E-state index contributed by atoms with van der Waals surface area (Å²) in [4.78, 5) is 52.1. The van der Waals surface area contributed by atoms with Gasteiger partial charge in [0.2, 0.25) is 0 Å². The van der Waals surface area contributed by atoms with Gasteiger partial charge in [-0.15, -0.1) is 0 Å². The number of carboxylic acids is 2. The number of carbonyl (C=O) groups excluding carboxylic acids is 2. The third kappa shape index (κ3) is 9.36. The molecule has 0 saturated carbocycles.